The van der Waals surface area contributed by atoms with Crippen LogP contribution in [-0.4, -0.2) is 14.5 Å². The molecular weight excluding hydrogens is 386 g/mol. The zero-order valence-corrected chi connectivity index (χ0v) is 13.6. The number of hydrogen-bond acceptors (Lipinski definition) is 3. The van der Waals surface area contributed by atoms with Crippen LogP contribution in [0.4, 0.5) is 5.95 Å². The molecule has 3 rings (SSSR count). The molecule has 0 bridgehead atoms. The number of nitrogens with two attached hydrogens (primary N) is 1. The van der Waals surface area contributed by atoms with Crippen LogP contribution < -0.4 is 5.73 Å². The number of aromatic nitrogens is 3. The van der Waals surface area contributed by atoms with Gasteiger partial charge in [-0.15, -0.1) is 0 Å². The molecule has 102 valence electrons. The Hall–Kier alpha value is -1.01. The van der Waals surface area contributed by atoms with Crippen molar-refractivity contribution in [3.63, 3.8) is 0 Å². The van der Waals surface area contributed by atoms with Gasteiger partial charge in [0, 0.05) is 10.7 Å². The fourth-order valence-corrected chi connectivity index (χ4v) is 2.89. The van der Waals surface area contributed by atoms with Crippen LogP contribution in [0.5, 0.6) is 0 Å². The number of benzene rings is 1. The van der Waals surface area contributed by atoms with Crippen LogP contribution in [0.1, 0.15) is 0 Å². The summed E-state index contributed by atoms with van der Waals surface area (Å²) in [5.41, 5.74) is 7.70. The van der Waals surface area contributed by atoms with E-state index in [4.69, 9.17) is 40.5 Å². The summed E-state index contributed by atoms with van der Waals surface area (Å²) in [6.07, 6.45) is 1.52. The van der Waals surface area contributed by atoms with Gasteiger partial charge in [0.2, 0.25) is 5.95 Å². The molecule has 0 saturated heterocycles. The molecule has 0 saturated carbocycles. The van der Waals surface area contributed by atoms with Gasteiger partial charge >= 0.3 is 0 Å². The van der Waals surface area contributed by atoms with E-state index in [2.05, 4.69) is 25.9 Å². The quantitative estimate of drug-likeness (QED) is 0.610. The fraction of sp³-hybridized carbons (Fsp3) is 0. The van der Waals surface area contributed by atoms with E-state index in [0.29, 0.717) is 36.4 Å². The van der Waals surface area contributed by atoms with Crippen LogP contribution in [0.15, 0.2) is 28.9 Å². The van der Waals surface area contributed by atoms with Crippen molar-refractivity contribution in [2.45, 2.75) is 0 Å². The molecule has 4 nitrogen and oxygen atoms in total. The summed E-state index contributed by atoms with van der Waals surface area (Å²) in [6.45, 7) is 0. The summed E-state index contributed by atoms with van der Waals surface area (Å²) < 4.78 is 2.33. The number of nitrogens with zero attached hydrogens (tertiary/aromatic N) is 3. The molecule has 0 radical (unpaired) electrons. The Bertz CT molecular complexity index is 831. The third-order valence-electron chi connectivity index (χ3n) is 2.75. The number of nitrogen functional groups attached to an aromatic ring is 1. The minimum Gasteiger partial charge on any atom is -0.369 e. The lowest BCUT2D eigenvalue weighted by molar-refractivity contribution is 1.08. The van der Waals surface area contributed by atoms with Crippen molar-refractivity contribution >= 4 is 67.8 Å². The predicted molar refractivity (Wildman–Crippen MR) is 86.0 cm³/mol. The zero-order valence-electron chi connectivity index (χ0n) is 9.74. The van der Waals surface area contributed by atoms with E-state index in [1.54, 1.807) is 22.8 Å². The van der Waals surface area contributed by atoms with Crippen LogP contribution in [0, 0.1) is 0 Å². The normalized spacial score (nSPS) is 11.2. The molecule has 20 heavy (non-hydrogen) atoms. The fourth-order valence-electron chi connectivity index (χ4n) is 1.88. The second kappa shape index (κ2) is 5.07. The summed E-state index contributed by atoms with van der Waals surface area (Å²) in [5, 5.41) is 1.25. The smallest absolute Gasteiger partial charge is 0.207 e. The molecule has 3 aromatic rings. The Kier molecular flexibility index (Phi) is 3.54. The number of pyridine rings is 1. The molecule has 2 N–H and O–H groups in total. The Balaban J connectivity index is 2.35. The van der Waals surface area contributed by atoms with Crippen molar-refractivity contribution in [3.8, 4) is 5.69 Å². The van der Waals surface area contributed by atoms with Crippen molar-refractivity contribution in [2.75, 3.05) is 5.73 Å². The van der Waals surface area contributed by atoms with Gasteiger partial charge in [0.15, 0.2) is 5.65 Å². The third-order valence-corrected chi connectivity index (χ3v) is 4.71. The van der Waals surface area contributed by atoms with Crippen molar-refractivity contribution in [1.82, 2.24) is 14.5 Å². The molecule has 0 unspecified atom stereocenters. The lowest BCUT2D eigenvalue weighted by Crippen LogP contribution is -2.02. The lowest BCUT2D eigenvalue weighted by atomic mass is 10.3. The van der Waals surface area contributed by atoms with Crippen LogP contribution in [0.3, 0.4) is 0 Å². The summed E-state index contributed by atoms with van der Waals surface area (Å²) in [4.78, 5) is 8.47. The predicted octanol–water partition coefficient (Wildman–Crippen LogP) is 4.73. The second-order valence-corrected chi connectivity index (χ2v) is 6.04. The standard InChI is InChI=1S/C12H6BrCl3N4/c13-6-1-2-8(10(16)9(6)15)20-11-7(19-12(20)17)3-5(14)4-18-11/h1-4H,(H2,17,19). The summed E-state index contributed by atoms with van der Waals surface area (Å²) >= 11 is 21.6. The largest absolute Gasteiger partial charge is 0.369 e. The van der Waals surface area contributed by atoms with Crippen LogP contribution >= 0.6 is 50.7 Å². The first-order valence-electron chi connectivity index (χ1n) is 5.42. The maximum absolute atomic E-state index is 6.27. The van der Waals surface area contributed by atoms with Crippen LogP contribution in [-0.2, 0) is 0 Å². The van der Waals surface area contributed by atoms with E-state index in [1.807, 2.05) is 0 Å². The van der Waals surface area contributed by atoms with Gasteiger partial charge in [-0.3, -0.25) is 4.57 Å². The minimum atomic E-state index is 0.259. The van der Waals surface area contributed by atoms with Crippen molar-refractivity contribution in [1.29, 1.82) is 0 Å². The van der Waals surface area contributed by atoms with E-state index in [1.165, 1.54) is 6.20 Å². The van der Waals surface area contributed by atoms with Crippen molar-refractivity contribution < 1.29 is 0 Å². The molecule has 8 heteroatoms. The van der Waals surface area contributed by atoms with Gasteiger partial charge in [-0.2, -0.15) is 0 Å². The highest BCUT2D eigenvalue weighted by molar-refractivity contribution is 9.10. The van der Waals surface area contributed by atoms with E-state index in [-0.39, 0.29) is 5.95 Å². The average Bonchev–Trinajstić information content (AvgIpc) is 2.72. The van der Waals surface area contributed by atoms with Gasteiger partial charge in [-0.05, 0) is 34.1 Å². The second-order valence-electron chi connectivity index (χ2n) is 4.00. The van der Waals surface area contributed by atoms with E-state index >= 15 is 0 Å². The minimum absolute atomic E-state index is 0.259. The van der Waals surface area contributed by atoms with Gasteiger partial charge in [-0.1, -0.05) is 34.8 Å². The average molecular weight is 392 g/mol. The van der Waals surface area contributed by atoms with Crippen molar-refractivity contribution in [3.05, 3.63) is 43.9 Å². The topological polar surface area (TPSA) is 56.7 Å². The molecule has 0 aliphatic rings. The molecule has 1 aromatic carbocycles. The number of halogens is 4. The van der Waals surface area contributed by atoms with Gasteiger partial charge in [-0.25, -0.2) is 9.97 Å². The van der Waals surface area contributed by atoms with Gasteiger partial charge < -0.3 is 5.73 Å². The maximum Gasteiger partial charge on any atom is 0.207 e. The first kappa shape index (κ1) is 13.9. The highest BCUT2D eigenvalue weighted by Crippen LogP contribution is 2.36. The number of fused-ring (bicyclic) bond motifs is 1. The number of imidazole rings is 1. The number of rotatable bonds is 1. The van der Waals surface area contributed by atoms with E-state index in [0.717, 1.165) is 0 Å². The number of hydrogen-bond donors (Lipinski definition) is 1. The monoisotopic (exact) mass is 390 g/mol. The Labute approximate surface area is 137 Å². The van der Waals surface area contributed by atoms with Crippen LogP contribution in [0.2, 0.25) is 15.1 Å². The molecule has 0 aliphatic carbocycles. The molecule has 2 aromatic heterocycles. The van der Waals surface area contributed by atoms with Crippen LogP contribution in [0.25, 0.3) is 16.9 Å². The van der Waals surface area contributed by atoms with E-state index < -0.39 is 0 Å². The molecule has 0 aliphatic heterocycles. The van der Waals surface area contributed by atoms with Crippen molar-refractivity contribution in [2.24, 2.45) is 0 Å². The van der Waals surface area contributed by atoms with E-state index in [9.17, 15) is 0 Å². The number of anilines is 1. The summed E-state index contributed by atoms with van der Waals surface area (Å²) in [7, 11) is 0. The maximum atomic E-state index is 6.27. The van der Waals surface area contributed by atoms with Gasteiger partial charge in [0.25, 0.3) is 0 Å². The lowest BCUT2D eigenvalue weighted by Gasteiger charge is -2.10. The first-order chi connectivity index (χ1) is 9.49. The SMILES string of the molecule is Nc1nc2cc(Cl)cnc2n1-c1ccc(Br)c(Cl)c1Cl. The highest BCUT2D eigenvalue weighted by Gasteiger charge is 2.16. The molecule has 0 amide bonds. The summed E-state index contributed by atoms with van der Waals surface area (Å²) in [5.74, 6) is 0.259. The van der Waals surface area contributed by atoms with Gasteiger partial charge in [0.1, 0.15) is 5.52 Å². The summed E-state index contributed by atoms with van der Waals surface area (Å²) in [6, 6.07) is 5.25. The third kappa shape index (κ3) is 2.15. The molecular formula is C12H6BrCl3N4. The molecule has 0 atom stereocenters. The highest BCUT2D eigenvalue weighted by atomic mass is 79.9. The zero-order chi connectivity index (χ0) is 14.4. The molecule has 2 heterocycles. The Morgan fingerprint density at radius 2 is 1.90 bits per heavy atom. The Morgan fingerprint density at radius 3 is 2.65 bits per heavy atom. The molecule has 0 spiro atoms. The van der Waals surface area contributed by atoms with Gasteiger partial charge in [0.05, 0.1) is 20.8 Å². The first-order valence-corrected chi connectivity index (χ1v) is 7.35. The Morgan fingerprint density at radius 1 is 1.15 bits per heavy atom. The molecule has 0 fully saturated rings.